The van der Waals surface area contributed by atoms with Crippen LogP contribution < -0.4 is 0 Å². The lowest BCUT2D eigenvalue weighted by molar-refractivity contribution is -0.214. The van der Waals surface area contributed by atoms with E-state index in [-0.39, 0.29) is 5.79 Å². The zero-order valence-electron chi connectivity index (χ0n) is 33.7. The summed E-state index contributed by atoms with van der Waals surface area (Å²) in [5, 5.41) is 0. The topological polar surface area (TPSA) is 21.7 Å². The molecule has 50 heavy (non-hydrogen) atoms. The van der Waals surface area contributed by atoms with Gasteiger partial charge in [-0.3, -0.25) is 0 Å². The Morgan fingerprint density at radius 3 is 1.22 bits per heavy atom. The summed E-state index contributed by atoms with van der Waals surface area (Å²) in [7, 11) is 2.20. The highest BCUT2D eigenvalue weighted by atomic mass is 16.8. The van der Waals surface area contributed by atoms with Crippen molar-refractivity contribution in [2.75, 3.05) is 20.1 Å². The Bertz CT molecular complexity index is 859. The molecule has 3 aliphatic rings. The highest BCUT2D eigenvalue weighted by Gasteiger charge is 2.53. The smallest absolute Gasteiger partial charge is 0.169 e. The van der Waals surface area contributed by atoms with Crippen LogP contribution in [0.1, 0.15) is 206 Å². The molecule has 3 rings (SSSR count). The van der Waals surface area contributed by atoms with Crippen LogP contribution in [-0.4, -0.2) is 43.0 Å². The van der Waals surface area contributed by atoms with Gasteiger partial charge in [0.2, 0.25) is 0 Å². The monoisotopic (exact) mass is 694 g/mol. The quantitative estimate of drug-likeness (QED) is 0.0552. The van der Waals surface area contributed by atoms with Crippen LogP contribution in [0.3, 0.4) is 0 Å². The third-order valence-corrected chi connectivity index (χ3v) is 12.0. The minimum Gasteiger partial charge on any atom is -0.343 e. The van der Waals surface area contributed by atoms with Crippen LogP contribution in [0.15, 0.2) is 48.6 Å². The molecule has 0 N–H and O–H groups in total. The van der Waals surface area contributed by atoms with Crippen molar-refractivity contribution in [3.8, 4) is 0 Å². The predicted molar refractivity (Wildman–Crippen MR) is 219 cm³/mol. The molecule has 0 aromatic heterocycles. The molecule has 2 saturated heterocycles. The molecule has 0 amide bonds. The van der Waals surface area contributed by atoms with E-state index in [9.17, 15) is 0 Å². The van der Waals surface area contributed by atoms with Gasteiger partial charge in [-0.25, -0.2) is 0 Å². The molecular weight excluding hydrogens is 611 g/mol. The summed E-state index contributed by atoms with van der Waals surface area (Å²) >= 11 is 0. The lowest BCUT2D eigenvalue weighted by Gasteiger charge is -2.45. The van der Waals surface area contributed by atoms with E-state index in [0.29, 0.717) is 17.6 Å². The van der Waals surface area contributed by atoms with Crippen molar-refractivity contribution in [2.24, 2.45) is 5.41 Å². The van der Waals surface area contributed by atoms with Crippen LogP contribution in [0.4, 0.5) is 0 Å². The van der Waals surface area contributed by atoms with Gasteiger partial charge in [-0.05, 0) is 102 Å². The number of hydrogen-bond donors (Lipinski definition) is 0. The molecule has 0 aromatic rings. The Labute approximate surface area is 312 Å². The van der Waals surface area contributed by atoms with E-state index < -0.39 is 0 Å². The Hall–Kier alpha value is -1.16. The van der Waals surface area contributed by atoms with E-state index in [1.54, 1.807) is 0 Å². The van der Waals surface area contributed by atoms with Crippen LogP contribution in [0.25, 0.3) is 0 Å². The van der Waals surface area contributed by atoms with Gasteiger partial charge in [0.1, 0.15) is 12.2 Å². The fourth-order valence-electron chi connectivity index (χ4n) is 8.73. The van der Waals surface area contributed by atoms with Crippen LogP contribution in [-0.2, 0) is 9.47 Å². The van der Waals surface area contributed by atoms with Gasteiger partial charge in [-0.15, -0.1) is 0 Å². The largest absolute Gasteiger partial charge is 0.343 e. The fourth-order valence-corrected chi connectivity index (χ4v) is 8.73. The number of fused-ring (bicyclic) bond motifs is 1. The fraction of sp³-hybridized carbons (Fsp3) is 0.830. The highest BCUT2D eigenvalue weighted by Crippen LogP contribution is 2.52. The van der Waals surface area contributed by atoms with Gasteiger partial charge in [0, 0.05) is 25.9 Å². The molecule has 2 atom stereocenters. The summed E-state index contributed by atoms with van der Waals surface area (Å²) in [5.41, 5.74) is 0.525. The van der Waals surface area contributed by atoms with Crippen LogP contribution in [0.2, 0.25) is 0 Å². The third kappa shape index (κ3) is 18.6. The molecular formula is C47H83NO2. The summed E-state index contributed by atoms with van der Waals surface area (Å²) in [5.74, 6) is -0.265. The molecule has 3 fully saturated rings. The molecule has 0 aromatic carbocycles. The van der Waals surface area contributed by atoms with Gasteiger partial charge < -0.3 is 14.4 Å². The first-order valence-electron chi connectivity index (χ1n) is 22.2. The van der Waals surface area contributed by atoms with E-state index >= 15 is 0 Å². The number of rotatable bonds is 30. The summed E-state index contributed by atoms with van der Waals surface area (Å²) < 4.78 is 13.3. The zero-order valence-corrected chi connectivity index (χ0v) is 33.7. The van der Waals surface area contributed by atoms with Crippen LogP contribution >= 0.6 is 0 Å². The molecule has 0 unspecified atom stereocenters. The maximum Gasteiger partial charge on any atom is 0.169 e. The predicted octanol–water partition coefficient (Wildman–Crippen LogP) is 14.4. The van der Waals surface area contributed by atoms with Crippen LogP contribution in [0, 0.1) is 5.41 Å². The van der Waals surface area contributed by atoms with Crippen LogP contribution in [0.5, 0.6) is 0 Å². The maximum atomic E-state index is 6.67. The Balaban J connectivity index is 1.26. The molecule has 2 aliphatic heterocycles. The van der Waals surface area contributed by atoms with Gasteiger partial charge in [0.05, 0.1) is 0 Å². The second kappa shape index (κ2) is 27.4. The first-order chi connectivity index (χ1) is 24.6. The molecule has 3 nitrogen and oxygen atoms in total. The normalized spacial score (nSPS) is 25.9. The van der Waals surface area contributed by atoms with Crippen molar-refractivity contribution >= 4 is 0 Å². The van der Waals surface area contributed by atoms with Gasteiger partial charge in [-0.1, -0.05) is 152 Å². The first-order valence-corrected chi connectivity index (χ1v) is 22.2. The summed E-state index contributed by atoms with van der Waals surface area (Å²) in [6.45, 7) is 6.63. The molecule has 0 radical (unpaired) electrons. The summed E-state index contributed by atoms with van der Waals surface area (Å²) in [6, 6.07) is 0. The molecule has 3 heteroatoms. The second-order valence-electron chi connectivity index (χ2n) is 16.6. The molecule has 1 aliphatic carbocycles. The molecule has 1 spiro atoms. The Morgan fingerprint density at radius 1 is 0.460 bits per heavy atom. The van der Waals surface area contributed by atoms with Gasteiger partial charge in [-0.2, -0.15) is 0 Å². The highest BCUT2D eigenvalue weighted by molar-refractivity contribution is 4.98. The van der Waals surface area contributed by atoms with Crippen molar-refractivity contribution < 1.29 is 9.47 Å². The number of ether oxygens (including phenoxy) is 2. The zero-order chi connectivity index (χ0) is 35.4. The van der Waals surface area contributed by atoms with Gasteiger partial charge in [0.25, 0.3) is 0 Å². The lowest BCUT2D eigenvalue weighted by Crippen LogP contribution is -2.42. The SMILES string of the molecule is CCCCCC=CCC=CCCCCCCCCC1(CCCCCCCCC=CCC=CCCCCC)CCC2(CC1)O[C@H]1CN(C)C[C@H]1O2. The third-order valence-electron chi connectivity index (χ3n) is 12.0. The average molecular weight is 694 g/mol. The van der Waals surface area contributed by atoms with Crippen molar-refractivity contribution in [2.45, 2.75) is 224 Å². The van der Waals surface area contributed by atoms with E-state index in [2.05, 4.69) is 74.4 Å². The number of likely N-dealkylation sites (tertiary alicyclic amines) is 1. The minimum atomic E-state index is -0.265. The van der Waals surface area contributed by atoms with Gasteiger partial charge >= 0.3 is 0 Å². The lowest BCUT2D eigenvalue weighted by atomic mass is 9.66. The van der Waals surface area contributed by atoms with Crippen molar-refractivity contribution in [3.05, 3.63) is 48.6 Å². The van der Waals surface area contributed by atoms with E-state index in [1.807, 2.05) is 0 Å². The van der Waals surface area contributed by atoms with Crippen molar-refractivity contribution in [1.82, 2.24) is 4.90 Å². The van der Waals surface area contributed by atoms with Crippen molar-refractivity contribution in [1.29, 1.82) is 0 Å². The first kappa shape index (κ1) is 43.2. The average Bonchev–Trinajstić information content (AvgIpc) is 3.62. The maximum absolute atomic E-state index is 6.67. The molecule has 1 saturated carbocycles. The van der Waals surface area contributed by atoms with E-state index in [0.717, 1.165) is 38.8 Å². The summed E-state index contributed by atoms with van der Waals surface area (Å²) in [6.07, 6.45) is 59.4. The molecule has 2 heterocycles. The minimum absolute atomic E-state index is 0.265. The number of likely N-dealkylation sites (N-methyl/N-ethyl adjacent to an activating group) is 1. The van der Waals surface area contributed by atoms with Gasteiger partial charge in [0.15, 0.2) is 5.79 Å². The Morgan fingerprint density at radius 2 is 0.820 bits per heavy atom. The summed E-state index contributed by atoms with van der Waals surface area (Å²) in [4.78, 5) is 2.37. The van der Waals surface area contributed by atoms with E-state index in [1.165, 1.54) is 167 Å². The number of unbranched alkanes of at least 4 members (excludes halogenated alkanes) is 18. The Kier molecular flexibility index (Phi) is 23.7. The number of hydrogen-bond acceptors (Lipinski definition) is 3. The molecule has 288 valence electrons. The second-order valence-corrected chi connectivity index (χ2v) is 16.6. The molecule has 0 bridgehead atoms. The number of allylic oxidation sites excluding steroid dienone is 8. The number of nitrogens with zero attached hydrogens (tertiary/aromatic N) is 1. The standard InChI is InChI=1S/C47H83NO2/c1-4-6-8-10-12-14-16-18-20-22-24-26-28-30-32-34-36-46(38-40-47(41-39-46)49-44-42-48(3)43-45(44)50-47)37-35-33-31-29-27-25-23-21-19-17-15-13-11-9-7-5-2/h12-15,18-21,44-45H,4-11,16-17,22-43H2,1-3H3/t44-,45+,46?,47?. The van der Waals surface area contributed by atoms with Crippen molar-refractivity contribution in [3.63, 3.8) is 0 Å². The van der Waals surface area contributed by atoms with E-state index in [4.69, 9.17) is 9.47 Å².